The minimum Gasteiger partial charge on any atom is -0.481 e. The molecular formula is C15H15N3O2. The van der Waals surface area contributed by atoms with Crippen molar-refractivity contribution < 1.29 is 9.90 Å². The molecule has 5 nitrogen and oxygen atoms in total. The van der Waals surface area contributed by atoms with E-state index in [2.05, 4.69) is 14.9 Å². The van der Waals surface area contributed by atoms with Gasteiger partial charge in [0.15, 0.2) is 0 Å². The maximum absolute atomic E-state index is 11.3. The molecule has 1 aromatic heterocycles. The number of anilines is 1. The standard InChI is InChI=1S/C15H15N3O2/c19-15(20)12-6-9-18(10-14-16-7-3-8-17-14)13-5-2-1-4-11(12)13/h1-5,7-8,12H,6,9-10H2,(H,19,20). The van der Waals surface area contributed by atoms with Crippen molar-refractivity contribution in [2.75, 3.05) is 11.4 Å². The summed E-state index contributed by atoms with van der Waals surface area (Å²) in [5.74, 6) is -0.428. The number of hydrogen-bond donors (Lipinski definition) is 1. The first-order valence-electron chi connectivity index (χ1n) is 6.58. The van der Waals surface area contributed by atoms with Crippen LogP contribution >= 0.6 is 0 Å². The first-order valence-corrected chi connectivity index (χ1v) is 6.58. The molecular weight excluding hydrogens is 254 g/mol. The first-order chi connectivity index (χ1) is 9.75. The van der Waals surface area contributed by atoms with Gasteiger partial charge in [-0.25, -0.2) is 9.97 Å². The molecule has 1 unspecified atom stereocenters. The summed E-state index contributed by atoms with van der Waals surface area (Å²) < 4.78 is 0. The Morgan fingerprint density at radius 1 is 1.25 bits per heavy atom. The van der Waals surface area contributed by atoms with Crippen LogP contribution in [0.4, 0.5) is 5.69 Å². The van der Waals surface area contributed by atoms with Crippen LogP contribution in [0.5, 0.6) is 0 Å². The Labute approximate surface area is 116 Å². The van der Waals surface area contributed by atoms with Crippen molar-refractivity contribution in [1.29, 1.82) is 0 Å². The molecule has 1 aliphatic rings. The number of hydrogen-bond acceptors (Lipinski definition) is 4. The van der Waals surface area contributed by atoms with Crippen molar-refractivity contribution in [2.24, 2.45) is 0 Å². The molecule has 1 aromatic carbocycles. The molecule has 5 heteroatoms. The SMILES string of the molecule is O=C(O)C1CCN(Cc2ncccn2)c2ccccc21. The Morgan fingerprint density at radius 2 is 2.00 bits per heavy atom. The molecule has 0 spiro atoms. The maximum atomic E-state index is 11.3. The van der Waals surface area contributed by atoms with Crippen molar-refractivity contribution in [3.8, 4) is 0 Å². The van der Waals surface area contributed by atoms with Crippen molar-refractivity contribution in [1.82, 2.24) is 9.97 Å². The van der Waals surface area contributed by atoms with Gasteiger partial charge in [0, 0.05) is 24.6 Å². The number of rotatable bonds is 3. The van der Waals surface area contributed by atoms with Crippen molar-refractivity contribution in [3.05, 3.63) is 54.1 Å². The van der Waals surface area contributed by atoms with Crippen molar-refractivity contribution in [2.45, 2.75) is 18.9 Å². The van der Waals surface area contributed by atoms with Crippen molar-refractivity contribution in [3.63, 3.8) is 0 Å². The molecule has 1 aliphatic heterocycles. The summed E-state index contributed by atoms with van der Waals surface area (Å²) >= 11 is 0. The zero-order chi connectivity index (χ0) is 13.9. The van der Waals surface area contributed by atoms with Crippen molar-refractivity contribution >= 4 is 11.7 Å². The summed E-state index contributed by atoms with van der Waals surface area (Å²) in [4.78, 5) is 21.9. The van der Waals surface area contributed by atoms with Gasteiger partial charge in [0.1, 0.15) is 5.82 Å². The van der Waals surface area contributed by atoms with E-state index < -0.39 is 11.9 Å². The molecule has 0 saturated carbocycles. The molecule has 3 rings (SSSR count). The minimum atomic E-state index is -0.756. The minimum absolute atomic E-state index is 0.417. The van der Waals surface area contributed by atoms with Gasteiger partial charge in [0.2, 0.25) is 0 Å². The Morgan fingerprint density at radius 3 is 2.75 bits per heavy atom. The molecule has 20 heavy (non-hydrogen) atoms. The number of carboxylic acid groups (broad SMARTS) is 1. The number of aliphatic carboxylic acids is 1. The maximum Gasteiger partial charge on any atom is 0.311 e. The van der Waals surface area contributed by atoms with Crippen LogP contribution < -0.4 is 4.90 Å². The van der Waals surface area contributed by atoms with E-state index in [0.717, 1.165) is 17.1 Å². The molecule has 0 amide bonds. The third kappa shape index (κ3) is 2.34. The quantitative estimate of drug-likeness (QED) is 0.923. The third-order valence-corrected chi connectivity index (χ3v) is 3.59. The molecule has 0 aliphatic carbocycles. The van der Waals surface area contributed by atoms with E-state index in [1.165, 1.54) is 0 Å². The van der Waals surface area contributed by atoms with E-state index in [4.69, 9.17) is 0 Å². The average Bonchev–Trinajstić information content (AvgIpc) is 2.48. The monoisotopic (exact) mass is 269 g/mol. The molecule has 2 heterocycles. The van der Waals surface area contributed by atoms with Gasteiger partial charge in [-0.05, 0) is 24.1 Å². The fraction of sp³-hybridized carbons (Fsp3) is 0.267. The van der Waals surface area contributed by atoms with Gasteiger partial charge in [-0.2, -0.15) is 0 Å². The van der Waals surface area contributed by atoms with E-state index in [0.29, 0.717) is 19.5 Å². The lowest BCUT2D eigenvalue weighted by Gasteiger charge is -2.33. The summed E-state index contributed by atoms with van der Waals surface area (Å²) in [6.45, 7) is 1.30. The molecule has 0 radical (unpaired) electrons. The largest absolute Gasteiger partial charge is 0.481 e. The summed E-state index contributed by atoms with van der Waals surface area (Å²) in [6, 6.07) is 9.47. The van der Waals surface area contributed by atoms with E-state index in [1.807, 2.05) is 24.3 Å². The predicted molar refractivity (Wildman–Crippen MR) is 74.5 cm³/mol. The number of carbonyl (C=O) groups is 1. The second-order valence-electron chi connectivity index (χ2n) is 4.82. The normalized spacial score (nSPS) is 17.6. The van der Waals surface area contributed by atoms with Crippen LogP contribution in [-0.2, 0) is 11.3 Å². The molecule has 102 valence electrons. The summed E-state index contributed by atoms with van der Waals surface area (Å²) in [6.07, 6.45) is 4.05. The van der Waals surface area contributed by atoms with Gasteiger partial charge in [0.05, 0.1) is 12.5 Å². The van der Waals surface area contributed by atoms with Gasteiger partial charge in [-0.3, -0.25) is 4.79 Å². The van der Waals surface area contributed by atoms with E-state index in [-0.39, 0.29) is 0 Å². The topological polar surface area (TPSA) is 66.3 Å². The summed E-state index contributed by atoms with van der Waals surface area (Å²) in [7, 11) is 0. The fourth-order valence-corrected chi connectivity index (χ4v) is 2.63. The van der Waals surface area contributed by atoms with Gasteiger partial charge in [0.25, 0.3) is 0 Å². The van der Waals surface area contributed by atoms with E-state index in [9.17, 15) is 9.90 Å². The van der Waals surface area contributed by atoms with Crippen LogP contribution in [0.3, 0.4) is 0 Å². The Kier molecular flexibility index (Phi) is 3.33. The Bertz CT molecular complexity index is 616. The Balaban J connectivity index is 1.91. The number of carboxylic acids is 1. The van der Waals surface area contributed by atoms with Gasteiger partial charge < -0.3 is 10.0 Å². The zero-order valence-electron chi connectivity index (χ0n) is 10.9. The fourth-order valence-electron chi connectivity index (χ4n) is 2.63. The highest BCUT2D eigenvalue weighted by molar-refractivity contribution is 5.80. The van der Waals surface area contributed by atoms with Gasteiger partial charge in [-0.1, -0.05) is 18.2 Å². The summed E-state index contributed by atoms with van der Waals surface area (Å²) in [5.41, 5.74) is 1.85. The van der Waals surface area contributed by atoms with Crippen LogP contribution in [0.25, 0.3) is 0 Å². The average molecular weight is 269 g/mol. The summed E-state index contributed by atoms with van der Waals surface area (Å²) in [5, 5.41) is 9.32. The highest BCUT2D eigenvalue weighted by atomic mass is 16.4. The molecule has 2 aromatic rings. The highest BCUT2D eigenvalue weighted by Crippen LogP contribution is 2.35. The molecule has 0 saturated heterocycles. The second-order valence-corrected chi connectivity index (χ2v) is 4.82. The lowest BCUT2D eigenvalue weighted by atomic mass is 9.90. The molecule has 1 atom stereocenters. The van der Waals surface area contributed by atoms with Crippen LogP contribution in [0.2, 0.25) is 0 Å². The van der Waals surface area contributed by atoms with Crippen LogP contribution in [-0.4, -0.2) is 27.6 Å². The predicted octanol–water partition coefficient (Wildman–Crippen LogP) is 2.06. The number of aromatic nitrogens is 2. The highest BCUT2D eigenvalue weighted by Gasteiger charge is 2.29. The van der Waals surface area contributed by atoms with Crippen LogP contribution in [0, 0.1) is 0 Å². The lowest BCUT2D eigenvalue weighted by Crippen LogP contribution is -2.33. The van der Waals surface area contributed by atoms with Gasteiger partial charge in [-0.15, -0.1) is 0 Å². The molecule has 1 N–H and O–H groups in total. The van der Waals surface area contributed by atoms with Crippen LogP contribution in [0.1, 0.15) is 23.7 Å². The van der Waals surface area contributed by atoms with Gasteiger partial charge >= 0.3 is 5.97 Å². The smallest absolute Gasteiger partial charge is 0.311 e. The molecule has 0 bridgehead atoms. The third-order valence-electron chi connectivity index (χ3n) is 3.59. The number of nitrogens with zero attached hydrogens (tertiary/aromatic N) is 3. The lowest BCUT2D eigenvalue weighted by molar-refractivity contribution is -0.139. The first kappa shape index (κ1) is 12.6. The number of fused-ring (bicyclic) bond motifs is 1. The van der Waals surface area contributed by atoms with E-state index >= 15 is 0 Å². The van der Waals surface area contributed by atoms with Crippen LogP contribution in [0.15, 0.2) is 42.7 Å². The number of para-hydroxylation sites is 1. The molecule has 0 fully saturated rings. The number of benzene rings is 1. The Hall–Kier alpha value is -2.43. The van der Waals surface area contributed by atoms with E-state index in [1.54, 1.807) is 18.5 Å². The second kappa shape index (κ2) is 5.28. The zero-order valence-corrected chi connectivity index (χ0v) is 10.9.